The second-order valence-corrected chi connectivity index (χ2v) is 6.24. The molecule has 1 fully saturated rings. The molecule has 0 heterocycles. The standard InChI is InChI=1S/C17H15ClN2O3/c1-11-2-7-14(20(22)23)10-15(11)19-16(21)17(8-9-17)12-3-5-13(18)6-4-12/h2-7,10H,8-9H2,1H3,(H,19,21). The Morgan fingerprint density at radius 1 is 1.22 bits per heavy atom. The Morgan fingerprint density at radius 3 is 2.43 bits per heavy atom. The van der Waals surface area contributed by atoms with Crippen LogP contribution in [-0.2, 0) is 10.2 Å². The van der Waals surface area contributed by atoms with Crippen molar-refractivity contribution in [1.29, 1.82) is 0 Å². The van der Waals surface area contributed by atoms with Crippen LogP contribution in [0.3, 0.4) is 0 Å². The molecule has 1 aliphatic carbocycles. The van der Waals surface area contributed by atoms with E-state index in [-0.39, 0.29) is 11.6 Å². The van der Waals surface area contributed by atoms with Gasteiger partial charge in [-0.05, 0) is 43.0 Å². The largest absolute Gasteiger partial charge is 0.325 e. The summed E-state index contributed by atoms with van der Waals surface area (Å²) >= 11 is 5.89. The molecule has 0 saturated heterocycles. The minimum Gasteiger partial charge on any atom is -0.325 e. The molecule has 0 atom stereocenters. The molecule has 1 aliphatic rings. The summed E-state index contributed by atoms with van der Waals surface area (Å²) in [6.45, 7) is 1.81. The maximum atomic E-state index is 12.7. The number of nitro benzene ring substituents is 1. The van der Waals surface area contributed by atoms with Gasteiger partial charge in [0.1, 0.15) is 0 Å². The molecule has 6 heteroatoms. The summed E-state index contributed by atoms with van der Waals surface area (Å²) in [5.74, 6) is -0.136. The molecule has 5 nitrogen and oxygen atoms in total. The van der Waals surface area contributed by atoms with Crippen LogP contribution in [0.25, 0.3) is 0 Å². The van der Waals surface area contributed by atoms with Crippen molar-refractivity contribution in [2.45, 2.75) is 25.2 Å². The molecule has 2 aromatic carbocycles. The Hall–Kier alpha value is -2.40. The third-order valence-corrected chi connectivity index (χ3v) is 4.51. The zero-order valence-electron chi connectivity index (χ0n) is 12.5. The molecular weight excluding hydrogens is 316 g/mol. The van der Waals surface area contributed by atoms with Crippen molar-refractivity contribution in [2.24, 2.45) is 0 Å². The number of carbonyl (C=O) groups is 1. The van der Waals surface area contributed by atoms with E-state index in [9.17, 15) is 14.9 Å². The number of rotatable bonds is 4. The van der Waals surface area contributed by atoms with Crippen LogP contribution < -0.4 is 5.32 Å². The number of benzene rings is 2. The SMILES string of the molecule is Cc1ccc([N+](=O)[O-])cc1NC(=O)C1(c2ccc(Cl)cc2)CC1. The smallest absolute Gasteiger partial charge is 0.271 e. The molecule has 0 radical (unpaired) electrons. The Morgan fingerprint density at radius 2 is 1.87 bits per heavy atom. The van der Waals surface area contributed by atoms with Gasteiger partial charge < -0.3 is 5.32 Å². The summed E-state index contributed by atoms with van der Waals surface area (Å²) in [6, 6.07) is 11.7. The van der Waals surface area contributed by atoms with E-state index in [1.807, 2.05) is 12.1 Å². The van der Waals surface area contributed by atoms with Crippen molar-refractivity contribution in [1.82, 2.24) is 0 Å². The van der Waals surface area contributed by atoms with Gasteiger partial charge in [-0.25, -0.2) is 0 Å². The van der Waals surface area contributed by atoms with Crippen LogP contribution in [0.4, 0.5) is 11.4 Å². The monoisotopic (exact) mass is 330 g/mol. The van der Waals surface area contributed by atoms with Crippen molar-refractivity contribution in [3.63, 3.8) is 0 Å². The third kappa shape index (κ3) is 2.92. The second-order valence-electron chi connectivity index (χ2n) is 5.80. The predicted molar refractivity (Wildman–Crippen MR) is 88.8 cm³/mol. The zero-order chi connectivity index (χ0) is 16.6. The number of nitrogens with zero attached hydrogens (tertiary/aromatic N) is 1. The first kappa shape index (κ1) is 15.5. The van der Waals surface area contributed by atoms with E-state index >= 15 is 0 Å². The highest BCUT2D eigenvalue weighted by Crippen LogP contribution is 2.49. The van der Waals surface area contributed by atoms with Gasteiger partial charge in [-0.15, -0.1) is 0 Å². The normalized spacial score (nSPS) is 15.0. The fourth-order valence-corrected chi connectivity index (χ4v) is 2.77. The molecule has 2 aromatic rings. The maximum Gasteiger partial charge on any atom is 0.271 e. The van der Waals surface area contributed by atoms with Crippen LogP contribution >= 0.6 is 11.6 Å². The van der Waals surface area contributed by atoms with Crippen LogP contribution in [0.5, 0.6) is 0 Å². The number of aryl methyl sites for hydroxylation is 1. The average Bonchev–Trinajstić information content (AvgIpc) is 3.31. The topological polar surface area (TPSA) is 72.2 Å². The van der Waals surface area contributed by atoms with Crippen LogP contribution in [0, 0.1) is 17.0 Å². The highest BCUT2D eigenvalue weighted by molar-refractivity contribution is 6.30. The van der Waals surface area contributed by atoms with E-state index in [1.165, 1.54) is 12.1 Å². The number of nitrogens with one attached hydrogen (secondary N) is 1. The van der Waals surface area contributed by atoms with Gasteiger partial charge in [0.25, 0.3) is 5.69 Å². The number of halogens is 1. The molecule has 1 N–H and O–H groups in total. The van der Waals surface area contributed by atoms with Gasteiger partial charge in [-0.1, -0.05) is 29.8 Å². The Balaban J connectivity index is 1.86. The van der Waals surface area contributed by atoms with E-state index < -0.39 is 10.3 Å². The Bertz CT molecular complexity index is 783. The van der Waals surface area contributed by atoms with E-state index in [1.54, 1.807) is 25.1 Å². The first-order chi connectivity index (χ1) is 10.9. The molecular formula is C17H15ClN2O3. The number of non-ortho nitro benzene ring substituents is 1. The molecule has 0 aromatic heterocycles. The number of hydrogen-bond acceptors (Lipinski definition) is 3. The summed E-state index contributed by atoms with van der Waals surface area (Å²) in [6.07, 6.45) is 1.52. The van der Waals surface area contributed by atoms with Crippen LogP contribution in [-0.4, -0.2) is 10.8 Å². The van der Waals surface area contributed by atoms with Gasteiger partial charge in [0.2, 0.25) is 5.91 Å². The van der Waals surface area contributed by atoms with Gasteiger partial charge in [0.15, 0.2) is 0 Å². The lowest BCUT2D eigenvalue weighted by molar-refractivity contribution is -0.384. The minimum absolute atomic E-state index is 0.0396. The van der Waals surface area contributed by atoms with Gasteiger partial charge >= 0.3 is 0 Å². The van der Waals surface area contributed by atoms with Crippen molar-refractivity contribution in [3.8, 4) is 0 Å². The van der Waals surface area contributed by atoms with Gasteiger partial charge in [-0.2, -0.15) is 0 Å². The summed E-state index contributed by atoms with van der Waals surface area (Å²) in [5, 5.41) is 14.4. The number of anilines is 1. The summed E-state index contributed by atoms with van der Waals surface area (Å²) in [4.78, 5) is 23.1. The summed E-state index contributed by atoms with van der Waals surface area (Å²) in [7, 11) is 0. The second kappa shape index (κ2) is 5.66. The Labute approximate surface area is 138 Å². The highest BCUT2D eigenvalue weighted by Gasteiger charge is 2.51. The fraction of sp³-hybridized carbons (Fsp3) is 0.235. The van der Waals surface area contributed by atoms with Crippen LogP contribution in [0.2, 0.25) is 5.02 Å². The molecule has 0 aliphatic heterocycles. The minimum atomic E-state index is -0.554. The lowest BCUT2D eigenvalue weighted by atomic mass is 9.95. The van der Waals surface area contributed by atoms with Crippen molar-refractivity contribution < 1.29 is 9.72 Å². The molecule has 1 saturated carbocycles. The molecule has 1 amide bonds. The highest BCUT2D eigenvalue weighted by atomic mass is 35.5. The van der Waals surface area contributed by atoms with Crippen molar-refractivity contribution in [3.05, 3.63) is 68.7 Å². The van der Waals surface area contributed by atoms with Crippen LogP contribution in [0.1, 0.15) is 24.0 Å². The zero-order valence-corrected chi connectivity index (χ0v) is 13.3. The average molecular weight is 331 g/mol. The van der Waals surface area contributed by atoms with E-state index in [0.29, 0.717) is 10.7 Å². The quantitative estimate of drug-likeness (QED) is 0.673. The van der Waals surface area contributed by atoms with E-state index in [4.69, 9.17) is 11.6 Å². The van der Waals surface area contributed by atoms with Gasteiger partial charge in [0, 0.05) is 17.2 Å². The predicted octanol–water partition coefficient (Wildman–Crippen LogP) is 4.23. The van der Waals surface area contributed by atoms with Crippen molar-refractivity contribution >= 4 is 28.9 Å². The molecule has 0 spiro atoms. The lowest BCUT2D eigenvalue weighted by Crippen LogP contribution is -2.28. The number of amides is 1. The molecule has 3 rings (SSSR count). The fourth-order valence-electron chi connectivity index (χ4n) is 2.64. The molecule has 118 valence electrons. The number of nitro groups is 1. The molecule has 0 bridgehead atoms. The Kier molecular flexibility index (Phi) is 3.82. The maximum absolute atomic E-state index is 12.7. The summed E-state index contributed by atoms with van der Waals surface area (Å²) in [5.41, 5.74) is 1.59. The third-order valence-electron chi connectivity index (χ3n) is 4.26. The van der Waals surface area contributed by atoms with Crippen LogP contribution in [0.15, 0.2) is 42.5 Å². The first-order valence-corrected chi connectivity index (χ1v) is 7.63. The first-order valence-electron chi connectivity index (χ1n) is 7.25. The lowest BCUT2D eigenvalue weighted by Gasteiger charge is -2.17. The number of hydrogen-bond donors (Lipinski definition) is 1. The molecule has 0 unspecified atom stereocenters. The molecule has 23 heavy (non-hydrogen) atoms. The van der Waals surface area contributed by atoms with Crippen molar-refractivity contribution in [2.75, 3.05) is 5.32 Å². The van der Waals surface area contributed by atoms with E-state index in [2.05, 4.69) is 5.32 Å². The van der Waals surface area contributed by atoms with E-state index in [0.717, 1.165) is 24.0 Å². The number of carbonyl (C=O) groups excluding carboxylic acids is 1. The van der Waals surface area contributed by atoms with Gasteiger partial charge in [-0.3, -0.25) is 14.9 Å². The van der Waals surface area contributed by atoms with Gasteiger partial charge in [0.05, 0.1) is 16.0 Å². The summed E-state index contributed by atoms with van der Waals surface area (Å²) < 4.78 is 0.